The maximum Gasteiger partial charge on any atom is 1.00 e. The Morgan fingerprint density at radius 1 is 1.67 bits per heavy atom. The second kappa shape index (κ2) is 5.58. The van der Waals surface area contributed by atoms with Gasteiger partial charge in [0.2, 0.25) is 5.91 Å². The van der Waals surface area contributed by atoms with Crippen LogP contribution in [0.3, 0.4) is 0 Å². The molecule has 0 saturated carbocycles. The summed E-state index contributed by atoms with van der Waals surface area (Å²) in [4.78, 5) is 12.6. The molecule has 12 heavy (non-hydrogen) atoms. The van der Waals surface area contributed by atoms with E-state index < -0.39 is 0 Å². The Balaban J connectivity index is 0. The number of hydrogen-bond donors (Lipinski definition) is 0. The van der Waals surface area contributed by atoms with Gasteiger partial charge >= 0.3 is 29.6 Å². The van der Waals surface area contributed by atoms with Gasteiger partial charge in [-0.15, -0.1) is 0 Å². The average Bonchev–Trinajstić information content (AvgIpc) is 2.04. The second-order valence-corrected chi connectivity index (χ2v) is 2.85. The zero-order valence-electron chi connectivity index (χ0n) is 8.71. The van der Waals surface area contributed by atoms with Gasteiger partial charge in [-0.3, -0.25) is 4.79 Å². The molecule has 1 unspecified atom stereocenters. The number of amides is 1. The zero-order valence-corrected chi connectivity index (χ0v) is 9.71. The van der Waals surface area contributed by atoms with Gasteiger partial charge in [0, 0.05) is 13.5 Å². The van der Waals surface area contributed by atoms with E-state index in [1.807, 2.05) is 0 Å². The predicted octanol–water partition coefficient (Wildman–Crippen LogP) is -1.97. The maximum absolute atomic E-state index is 10.9. The fraction of sp³-hybridized carbons (Fsp3) is 0.750. The van der Waals surface area contributed by atoms with Crippen LogP contribution < -0.4 is 29.6 Å². The van der Waals surface area contributed by atoms with Gasteiger partial charge in [0.15, 0.2) is 0 Å². The van der Waals surface area contributed by atoms with Crippen LogP contribution in [-0.2, 0) is 4.79 Å². The Hall–Kier alpha value is -0.0400. The van der Waals surface area contributed by atoms with Crippen molar-refractivity contribution in [3.8, 4) is 6.07 Å². The van der Waals surface area contributed by atoms with Crippen LogP contribution in [0.25, 0.3) is 0 Å². The fourth-order valence-electron chi connectivity index (χ4n) is 1.44. The van der Waals surface area contributed by atoms with Crippen LogP contribution in [-0.4, -0.2) is 23.4 Å². The van der Waals surface area contributed by atoms with Crippen LogP contribution in [0, 0.1) is 11.3 Å². The Labute approximate surface area is 96.5 Å². The normalized spacial score (nSPS) is 22.3. The molecule has 4 heteroatoms. The number of likely N-dealkylation sites (tertiary alicyclic amines) is 1. The molecule has 1 aliphatic rings. The minimum atomic E-state index is -0.166. The molecule has 0 N–H and O–H groups in total. The van der Waals surface area contributed by atoms with Gasteiger partial charge in [0.1, 0.15) is 6.04 Å². The van der Waals surface area contributed by atoms with Crippen molar-refractivity contribution < 1.29 is 35.8 Å². The van der Waals surface area contributed by atoms with Crippen LogP contribution in [0.5, 0.6) is 0 Å². The standard InChI is InChI=1S/C8H12N2O.Na.H/c1-7(11)10-5-3-2-4-8(10)6-9;;/h8H,2-5H2,1H3;;/q;+1;-1. The molecule has 1 rings (SSSR count). The Bertz CT molecular complexity index is 205. The first-order chi connectivity index (χ1) is 5.25. The Morgan fingerprint density at radius 3 is 2.75 bits per heavy atom. The summed E-state index contributed by atoms with van der Waals surface area (Å²) in [6.07, 6.45) is 2.95. The first kappa shape index (κ1) is 12.0. The molecule has 1 amide bonds. The minimum absolute atomic E-state index is 0. The Morgan fingerprint density at radius 2 is 2.33 bits per heavy atom. The smallest absolute Gasteiger partial charge is 1.00 e. The van der Waals surface area contributed by atoms with E-state index in [0.717, 1.165) is 25.8 Å². The van der Waals surface area contributed by atoms with Crippen molar-refractivity contribution in [3.05, 3.63) is 0 Å². The SMILES string of the molecule is CC(=O)N1CCCCC1C#N.[H-].[Na+]. The third kappa shape index (κ3) is 2.78. The number of carbonyl (C=O) groups is 1. The van der Waals surface area contributed by atoms with Crippen LogP contribution in [0.4, 0.5) is 0 Å². The van der Waals surface area contributed by atoms with Gasteiger partial charge in [0.05, 0.1) is 6.07 Å². The van der Waals surface area contributed by atoms with Crippen LogP contribution in [0.2, 0.25) is 0 Å². The van der Waals surface area contributed by atoms with Gasteiger partial charge in [-0.1, -0.05) is 0 Å². The van der Waals surface area contributed by atoms with Crippen molar-refractivity contribution in [3.63, 3.8) is 0 Å². The number of carbonyl (C=O) groups excluding carboxylic acids is 1. The summed E-state index contributed by atoms with van der Waals surface area (Å²) >= 11 is 0. The van der Waals surface area contributed by atoms with E-state index in [-0.39, 0.29) is 42.9 Å². The summed E-state index contributed by atoms with van der Waals surface area (Å²) in [6.45, 7) is 2.28. The predicted molar refractivity (Wildman–Crippen MR) is 41.8 cm³/mol. The largest absolute Gasteiger partial charge is 1.00 e. The third-order valence-electron chi connectivity index (χ3n) is 2.06. The molecular formula is C8H13N2NaO. The summed E-state index contributed by atoms with van der Waals surface area (Å²) in [7, 11) is 0. The number of hydrogen-bond acceptors (Lipinski definition) is 2. The molecule has 0 bridgehead atoms. The van der Waals surface area contributed by atoms with Crippen LogP contribution in [0.1, 0.15) is 27.6 Å². The Kier molecular flexibility index (Phi) is 5.56. The fourth-order valence-corrected chi connectivity index (χ4v) is 1.44. The van der Waals surface area contributed by atoms with E-state index in [4.69, 9.17) is 5.26 Å². The molecule has 0 aromatic carbocycles. The van der Waals surface area contributed by atoms with Gasteiger partial charge in [-0.05, 0) is 19.3 Å². The van der Waals surface area contributed by atoms with Crippen molar-refractivity contribution in [2.45, 2.75) is 32.2 Å². The number of nitrogens with zero attached hydrogens (tertiary/aromatic N) is 2. The molecule has 62 valence electrons. The maximum atomic E-state index is 10.9. The first-order valence-electron chi connectivity index (χ1n) is 3.92. The van der Waals surface area contributed by atoms with Crippen molar-refractivity contribution >= 4 is 5.91 Å². The quantitative estimate of drug-likeness (QED) is 0.402. The van der Waals surface area contributed by atoms with E-state index >= 15 is 0 Å². The summed E-state index contributed by atoms with van der Waals surface area (Å²) in [5.41, 5.74) is 0. The molecule has 1 heterocycles. The van der Waals surface area contributed by atoms with Crippen LogP contribution in [0.15, 0.2) is 0 Å². The summed E-state index contributed by atoms with van der Waals surface area (Å²) < 4.78 is 0. The van der Waals surface area contributed by atoms with Gasteiger partial charge in [-0.2, -0.15) is 5.26 Å². The number of nitriles is 1. The molecular weight excluding hydrogens is 163 g/mol. The van der Waals surface area contributed by atoms with E-state index in [0.29, 0.717) is 0 Å². The van der Waals surface area contributed by atoms with Gasteiger partial charge in [0.25, 0.3) is 0 Å². The van der Waals surface area contributed by atoms with Crippen LogP contribution >= 0.6 is 0 Å². The molecule has 3 nitrogen and oxygen atoms in total. The van der Waals surface area contributed by atoms with Gasteiger partial charge < -0.3 is 6.33 Å². The summed E-state index contributed by atoms with van der Waals surface area (Å²) in [5, 5.41) is 8.67. The van der Waals surface area contributed by atoms with E-state index in [9.17, 15) is 4.79 Å². The molecule has 0 spiro atoms. The van der Waals surface area contributed by atoms with Crippen molar-refractivity contribution in [1.29, 1.82) is 5.26 Å². The second-order valence-electron chi connectivity index (χ2n) is 2.85. The van der Waals surface area contributed by atoms with Crippen molar-refractivity contribution in [2.75, 3.05) is 6.54 Å². The average molecular weight is 176 g/mol. The molecule has 1 fully saturated rings. The van der Waals surface area contributed by atoms with Crippen molar-refractivity contribution in [2.24, 2.45) is 0 Å². The molecule has 0 aliphatic carbocycles. The topological polar surface area (TPSA) is 44.1 Å². The molecule has 0 aromatic rings. The molecule has 1 atom stereocenters. The van der Waals surface area contributed by atoms with Crippen molar-refractivity contribution in [1.82, 2.24) is 4.90 Å². The third-order valence-corrected chi connectivity index (χ3v) is 2.06. The summed E-state index contributed by atoms with van der Waals surface area (Å²) in [6, 6.07) is 1.97. The molecule has 0 aromatic heterocycles. The molecule has 1 saturated heterocycles. The molecule has 1 aliphatic heterocycles. The monoisotopic (exact) mass is 176 g/mol. The first-order valence-corrected chi connectivity index (χ1v) is 3.92. The van der Waals surface area contributed by atoms with E-state index in [1.165, 1.54) is 6.92 Å². The summed E-state index contributed by atoms with van der Waals surface area (Å²) in [5.74, 6) is 0.0243. The van der Waals surface area contributed by atoms with E-state index in [1.54, 1.807) is 4.90 Å². The molecule has 0 radical (unpaired) electrons. The minimum Gasteiger partial charge on any atom is -1.00 e. The number of rotatable bonds is 0. The van der Waals surface area contributed by atoms with Gasteiger partial charge in [-0.25, -0.2) is 0 Å². The van der Waals surface area contributed by atoms with E-state index in [2.05, 4.69) is 6.07 Å². The number of piperidine rings is 1. The zero-order chi connectivity index (χ0) is 8.27.